The normalized spacial score (nSPS) is 11.5. The van der Waals surface area contributed by atoms with Crippen LogP contribution in [0.2, 0.25) is 5.02 Å². The van der Waals surface area contributed by atoms with Crippen LogP contribution >= 0.6 is 11.6 Å². The molecule has 0 aliphatic rings. The zero-order valence-electron chi connectivity index (χ0n) is 20.5. The molecule has 0 bridgehead atoms. The maximum Gasteiger partial charge on any atom is 0.240 e. The van der Waals surface area contributed by atoms with Crippen LogP contribution in [0.5, 0.6) is 5.75 Å². The fourth-order valence-corrected chi connectivity index (χ4v) is 5.24. The number of anilines is 1. The Morgan fingerprint density at radius 3 is 2.46 bits per heavy atom. The zero-order valence-corrected chi connectivity index (χ0v) is 22.1. The van der Waals surface area contributed by atoms with E-state index in [4.69, 9.17) is 24.2 Å². The third kappa shape index (κ3) is 6.06. The fourth-order valence-electron chi connectivity index (χ4n) is 3.99. The SMILES string of the molecule is [B]c1cnn2c(NCc3cccc(CNS(=O)(=O)c4ccc(OCF)cc4)c3)cc(-c3ccccc3Cl)nc12. The van der Waals surface area contributed by atoms with Crippen LogP contribution in [-0.2, 0) is 23.1 Å². The van der Waals surface area contributed by atoms with Crippen LogP contribution in [0.15, 0.2) is 90.0 Å². The molecule has 0 fully saturated rings. The highest BCUT2D eigenvalue weighted by Crippen LogP contribution is 2.28. The van der Waals surface area contributed by atoms with Gasteiger partial charge in [-0.15, -0.1) is 0 Å². The first-order chi connectivity index (χ1) is 18.8. The first kappa shape index (κ1) is 26.7. The number of aromatic nitrogens is 3. The molecule has 2 N–H and O–H groups in total. The number of fused-ring (bicyclic) bond motifs is 1. The molecule has 196 valence electrons. The van der Waals surface area contributed by atoms with E-state index in [2.05, 4.69) is 20.1 Å². The summed E-state index contributed by atoms with van der Waals surface area (Å²) in [4.78, 5) is 4.70. The molecular weight excluding hydrogens is 540 g/mol. The van der Waals surface area contributed by atoms with E-state index < -0.39 is 16.9 Å². The number of sulfonamides is 1. The quantitative estimate of drug-likeness (QED) is 0.248. The van der Waals surface area contributed by atoms with E-state index in [9.17, 15) is 12.8 Å². The van der Waals surface area contributed by atoms with Crippen LogP contribution in [0.1, 0.15) is 11.1 Å². The zero-order chi connectivity index (χ0) is 27.4. The van der Waals surface area contributed by atoms with Gasteiger partial charge in [-0.05, 0) is 46.9 Å². The summed E-state index contributed by atoms with van der Waals surface area (Å²) in [6.45, 7) is -0.470. The van der Waals surface area contributed by atoms with Gasteiger partial charge in [-0.25, -0.2) is 22.5 Å². The number of alkyl halides is 1. The van der Waals surface area contributed by atoms with E-state index in [1.807, 2.05) is 48.5 Å². The van der Waals surface area contributed by atoms with Gasteiger partial charge in [-0.1, -0.05) is 54.1 Å². The predicted molar refractivity (Wildman–Crippen MR) is 150 cm³/mol. The topological polar surface area (TPSA) is 97.6 Å². The number of hydrogen-bond donors (Lipinski definition) is 2. The van der Waals surface area contributed by atoms with Crippen molar-refractivity contribution >= 4 is 46.4 Å². The summed E-state index contributed by atoms with van der Waals surface area (Å²) in [7, 11) is 2.33. The molecule has 0 spiro atoms. The molecule has 3 aromatic carbocycles. The van der Waals surface area contributed by atoms with Gasteiger partial charge in [-0.3, -0.25) is 0 Å². The Morgan fingerprint density at radius 1 is 0.974 bits per heavy atom. The number of nitrogens with zero attached hydrogens (tertiary/aromatic N) is 3. The number of hydrogen-bond acceptors (Lipinski definition) is 6. The highest BCUT2D eigenvalue weighted by atomic mass is 35.5. The van der Waals surface area contributed by atoms with Gasteiger partial charge in [0.15, 0.2) is 5.65 Å². The molecular formula is C27H22BClFN5O3S. The van der Waals surface area contributed by atoms with Gasteiger partial charge in [0.2, 0.25) is 16.9 Å². The van der Waals surface area contributed by atoms with E-state index in [0.29, 0.717) is 34.2 Å². The Balaban J connectivity index is 1.31. The van der Waals surface area contributed by atoms with Gasteiger partial charge >= 0.3 is 0 Å². The summed E-state index contributed by atoms with van der Waals surface area (Å²) in [5.74, 6) is 0.915. The molecule has 2 radical (unpaired) electrons. The Morgan fingerprint density at radius 2 is 1.72 bits per heavy atom. The highest BCUT2D eigenvalue weighted by molar-refractivity contribution is 7.89. The van der Waals surface area contributed by atoms with Crippen molar-refractivity contribution in [3.63, 3.8) is 0 Å². The molecule has 39 heavy (non-hydrogen) atoms. The van der Waals surface area contributed by atoms with Crippen LogP contribution in [0, 0.1) is 0 Å². The van der Waals surface area contributed by atoms with Crippen molar-refractivity contribution in [1.82, 2.24) is 19.3 Å². The van der Waals surface area contributed by atoms with E-state index in [1.165, 1.54) is 30.5 Å². The third-order valence-corrected chi connectivity index (χ3v) is 7.68. The molecule has 0 saturated carbocycles. The first-order valence-corrected chi connectivity index (χ1v) is 13.7. The Labute approximate surface area is 231 Å². The minimum Gasteiger partial charge on any atom is -0.463 e. The van der Waals surface area contributed by atoms with Crippen LogP contribution in [0.4, 0.5) is 10.2 Å². The number of nitrogens with one attached hydrogen (secondary N) is 2. The van der Waals surface area contributed by atoms with Crippen LogP contribution in [0.3, 0.4) is 0 Å². The summed E-state index contributed by atoms with van der Waals surface area (Å²) in [5, 5.41) is 8.28. The van der Waals surface area contributed by atoms with Gasteiger partial charge in [0.05, 0.1) is 10.6 Å². The van der Waals surface area contributed by atoms with Crippen LogP contribution < -0.4 is 20.2 Å². The molecule has 0 aliphatic carbocycles. The van der Waals surface area contributed by atoms with Crippen molar-refractivity contribution in [2.24, 2.45) is 0 Å². The molecule has 12 heteroatoms. The fraction of sp³-hybridized carbons (Fsp3) is 0.111. The van der Waals surface area contributed by atoms with Crippen LogP contribution in [-0.4, -0.2) is 37.7 Å². The molecule has 5 rings (SSSR count). The van der Waals surface area contributed by atoms with Gasteiger partial charge in [0.1, 0.15) is 19.4 Å². The number of halogens is 2. The minimum absolute atomic E-state index is 0.0565. The maximum atomic E-state index is 12.7. The van der Waals surface area contributed by atoms with Gasteiger partial charge < -0.3 is 10.1 Å². The predicted octanol–water partition coefficient (Wildman–Crippen LogP) is 4.24. The molecule has 2 heterocycles. The smallest absolute Gasteiger partial charge is 0.240 e. The highest BCUT2D eigenvalue weighted by Gasteiger charge is 2.15. The average Bonchev–Trinajstić information content (AvgIpc) is 3.32. The lowest BCUT2D eigenvalue weighted by Crippen LogP contribution is -2.23. The minimum atomic E-state index is -3.77. The van der Waals surface area contributed by atoms with Gasteiger partial charge in [0, 0.05) is 35.9 Å². The molecule has 8 nitrogen and oxygen atoms in total. The lowest BCUT2D eigenvalue weighted by molar-refractivity contribution is 0.191. The summed E-state index contributed by atoms with van der Waals surface area (Å²) in [6.07, 6.45) is 1.54. The van der Waals surface area contributed by atoms with Crippen molar-refractivity contribution in [3.05, 3.63) is 101 Å². The van der Waals surface area contributed by atoms with Crippen molar-refractivity contribution in [1.29, 1.82) is 0 Å². The maximum absolute atomic E-state index is 12.7. The Hall–Kier alpha value is -3.93. The number of ether oxygens (including phenoxy) is 1. The monoisotopic (exact) mass is 561 g/mol. The molecule has 0 aliphatic heterocycles. The standard InChI is InChI=1S/C27H22BClFN5O3S/c28-23-16-32-35-26(13-25(34-27(23)35)22-6-1-2-7-24(22)29)31-14-18-4-3-5-19(12-18)15-33-39(36,37)21-10-8-20(9-11-21)38-17-30/h1-13,16,31,33H,14-15,17H2. The molecule has 5 aromatic rings. The number of benzene rings is 3. The molecule has 2 aromatic heterocycles. The lowest BCUT2D eigenvalue weighted by atomic mass is 10.0. The second kappa shape index (κ2) is 11.4. The van der Waals surface area contributed by atoms with Crippen molar-refractivity contribution < 1.29 is 17.5 Å². The Bertz CT molecular complexity index is 1730. The summed E-state index contributed by atoms with van der Waals surface area (Å²) in [5.41, 5.74) is 4.05. The Kier molecular flexibility index (Phi) is 7.83. The van der Waals surface area contributed by atoms with E-state index in [1.54, 1.807) is 10.6 Å². The molecule has 0 saturated heterocycles. The molecule has 0 unspecified atom stereocenters. The summed E-state index contributed by atoms with van der Waals surface area (Å²) < 4.78 is 46.6. The lowest BCUT2D eigenvalue weighted by Gasteiger charge is -2.13. The molecule has 0 atom stereocenters. The van der Waals surface area contributed by atoms with Gasteiger partial charge in [-0.2, -0.15) is 9.61 Å². The van der Waals surface area contributed by atoms with Gasteiger partial charge in [0.25, 0.3) is 0 Å². The first-order valence-electron chi connectivity index (χ1n) is 11.8. The summed E-state index contributed by atoms with van der Waals surface area (Å²) in [6, 6.07) is 22.3. The van der Waals surface area contributed by atoms with E-state index in [-0.39, 0.29) is 17.2 Å². The second-order valence-corrected chi connectivity index (χ2v) is 10.7. The van der Waals surface area contributed by atoms with E-state index >= 15 is 0 Å². The van der Waals surface area contributed by atoms with Crippen molar-refractivity contribution in [2.75, 3.05) is 12.2 Å². The second-order valence-electron chi connectivity index (χ2n) is 8.56. The van der Waals surface area contributed by atoms with E-state index in [0.717, 1.165) is 16.7 Å². The summed E-state index contributed by atoms with van der Waals surface area (Å²) >= 11 is 6.40. The third-order valence-electron chi connectivity index (χ3n) is 5.94. The molecule has 0 amide bonds. The largest absolute Gasteiger partial charge is 0.463 e. The number of rotatable bonds is 10. The average molecular weight is 562 g/mol. The van der Waals surface area contributed by atoms with Crippen LogP contribution in [0.25, 0.3) is 16.9 Å². The van der Waals surface area contributed by atoms with Crippen molar-refractivity contribution in [2.45, 2.75) is 18.0 Å². The van der Waals surface area contributed by atoms with Crippen molar-refractivity contribution in [3.8, 4) is 17.0 Å².